The third-order valence-electron chi connectivity index (χ3n) is 3.47. The van der Waals surface area contributed by atoms with Crippen molar-refractivity contribution >= 4 is 25.8 Å². The van der Waals surface area contributed by atoms with Gasteiger partial charge in [-0.05, 0) is 29.2 Å². The Kier molecular flexibility index (Phi) is 6.23. The maximum absolute atomic E-state index is 11.7. The summed E-state index contributed by atoms with van der Waals surface area (Å²) in [5.41, 5.74) is 1.67. The van der Waals surface area contributed by atoms with Gasteiger partial charge >= 0.3 is 6.09 Å². The van der Waals surface area contributed by atoms with Crippen LogP contribution in [0.2, 0.25) is 0 Å². The molecule has 2 aromatic carbocycles. The Labute approximate surface area is 146 Å². The van der Waals surface area contributed by atoms with Crippen molar-refractivity contribution in [2.24, 2.45) is 0 Å². The first-order valence-corrected chi connectivity index (χ1v) is 9.66. The van der Waals surface area contributed by atoms with Gasteiger partial charge in [0.2, 0.25) is 0 Å². The zero-order valence-electron chi connectivity index (χ0n) is 13.1. The van der Waals surface area contributed by atoms with Crippen molar-refractivity contribution in [2.75, 3.05) is 6.54 Å². The van der Waals surface area contributed by atoms with Gasteiger partial charge in [0.1, 0.15) is 6.61 Å². The first kappa shape index (κ1) is 18.3. The van der Waals surface area contributed by atoms with E-state index >= 15 is 0 Å². The van der Waals surface area contributed by atoms with Gasteiger partial charge in [0.25, 0.3) is 9.05 Å². The molecule has 128 valence electrons. The van der Waals surface area contributed by atoms with Crippen LogP contribution in [0.1, 0.15) is 24.0 Å². The normalized spacial score (nSPS) is 12.4. The highest BCUT2D eigenvalue weighted by atomic mass is 35.7. The molecule has 2 aromatic rings. The van der Waals surface area contributed by atoms with Crippen LogP contribution in [0, 0.1) is 0 Å². The van der Waals surface area contributed by atoms with Crippen LogP contribution >= 0.6 is 10.7 Å². The van der Waals surface area contributed by atoms with Crippen molar-refractivity contribution in [1.29, 1.82) is 0 Å². The van der Waals surface area contributed by atoms with Crippen molar-refractivity contribution in [3.8, 4) is 0 Å². The van der Waals surface area contributed by atoms with E-state index in [1.165, 1.54) is 12.1 Å². The van der Waals surface area contributed by atoms with Gasteiger partial charge in [0, 0.05) is 17.2 Å². The van der Waals surface area contributed by atoms with Crippen LogP contribution in [0.5, 0.6) is 0 Å². The number of halogens is 1. The molecule has 0 aliphatic heterocycles. The maximum atomic E-state index is 11.7. The van der Waals surface area contributed by atoms with E-state index in [1.807, 2.05) is 37.3 Å². The monoisotopic (exact) mass is 367 g/mol. The molecule has 0 saturated heterocycles. The predicted molar refractivity (Wildman–Crippen MR) is 92.5 cm³/mol. The van der Waals surface area contributed by atoms with E-state index in [0.717, 1.165) is 11.1 Å². The Morgan fingerprint density at radius 3 is 2.54 bits per heavy atom. The Morgan fingerprint density at radius 1 is 1.17 bits per heavy atom. The van der Waals surface area contributed by atoms with Crippen LogP contribution in [0.15, 0.2) is 59.5 Å². The summed E-state index contributed by atoms with van der Waals surface area (Å²) in [4.78, 5) is 11.8. The number of carbonyl (C=O) groups excluding carboxylic acids is 1. The molecule has 0 radical (unpaired) electrons. The first-order valence-electron chi connectivity index (χ1n) is 7.35. The number of benzene rings is 2. The lowest BCUT2D eigenvalue weighted by molar-refractivity contribution is 0.139. The van der Waals surface area contributed by atoms with Crippen molar-refractivity contribution in [1.82, 2.24) is 5.32 Å². The Hall–Kier alpha value is -2.05. The average Bonchev–Trinajstić information content (AvgIpc) is 2.58. The second-order valence-electron chi connectivity index (χ2n) is 5.35. The van der Waals surface area contributed by atoms with E-state index < -0.39 is 15.1 Å². The zero-order valence-corrected chi connectivity index (χ0v) is 14.7. The Bertz CT molecular complexity index is 793. The predicted octanol–water partition coefficient (Wildman–Crippen LogP) is 3.64. The van der Waals surface area contributed by atoms with E-state index in [0.29, 0.717) is 6.54 Å². The van der Waals surface area contributed by atoms with Gasteiger partial charge in [-0.1, -0.05) is 49.4 Å². The molecule has 1 atom stereocenters. The number of hydrogen-bond donors (Lipinski definition) is 1. The van der Waals surface area contributed by atoms with Crippen LogP contribution in [0.3, 0.4) is 0 Å². The number of ether oxygens (including phenoxy) is 1. The van der Waals surface area contributed by atoms with E-state index in [9.17, 15) is 13.2 Å². The van der Waals surface area contributed by atoms with Gasteiger partial charge < -0.3 is 10.1 Å². The standard InChI is InChI=1S/C17H18ClNO4S/c1-13(15-8-5-9-16(10-15)24(18,21)22)11-19-17(20)23-12-14-6-3-2-4-7-14/h2-10,13H,11-12H2,1H3,(H,19,20). The maximum Gasteiger partial charge on any atom is 0.407 e. The summed E-state index contributed by atoms with van der Waals surface area (Å²) in [5, 5.41) is 2.67. The lowest BCUT2D eigenvalue weighted by Gasteiger charge is -2.14. The van der Waals surface area contributed by atoms with Crippen LogP contribution < -0.4 is 5.32 Å². The second kappa shape index (κ2) is 8.17. The van der Waals surface area contributed by atoms with Crippen molar-refractivity contribution in [2.45, 2.75) is 24.3 Å². The number of amides is 1. The summed E-state index contributed by atoms with van der Waals surface area (Å²) in [7, 11) is 1.58. The molecular formula is C17H18ClNO4S. The van der Waals surface area contributed by atoms with Crippen LogP contribution in [-0.2, 0) is 20.4 Å². The average molecular weight is 368 g/mol. The summed E-state index contributed by atoms with van der Waals surface area (Å²) < 4.78 is 27.9. The lowest BCUT2D eigenvalue weighted by atomic mass is 10.0. The molecule has 1 amide bonds. The van der Waals surface area contributed by atoms with E-state index in [-0.39, 0.29) is 17.4 Å². The third kappa shape index (κ3) is 5.54. The molecule has 0 aromatic heterocycles. The number of rotatable bonds is 6. The van der Waals surface area contributed by atoms with Crippen LogP contribution in [-0.4, -0.2) is 21.1 Å². The molecule has 0 fully saturated rings. The Balaban J connectivity index is 1.86. The number of nitrogens with one attached hydrogen (secondary N) is 1. The topological polar surface area (TPSA) is 72.5 Å². The van der Waals surface area contributed by atoms with Gasteiger partial charge in [0.05, 0.1) is 4.90 Å². The van der Waals surface area contributed by atoms with E-state index in [2.05, 4.69) is 5.32 Å². The summed E-state index contributed by atoms with van der Waals surface area (Å²) in [6.45, 7) is 2.39. The van der Waals surface area contributed by atoms with Gasteiger partial charge in [-0.3, -0.25) is 0 Å². The molecule has 2 rings (SSSR count). The third-order valence-corrected chi connectivity index (χ3v) is 4.83. The van der Waals surface area contributed by atoms with Gasteiger partial charge in [0.15, 0.2) is 0 Å². The summed E-state index contributed by atoms with van der Waals surface area (Å²) in [6.07, 6.45) is -0.521. The molecular weight excluding hydrogens is 350 g/mol. The highest BCUT2D eigenvalue weighted by Crippen LogP contribution is 2.21. The highest BCUT2D eigenvalue weighted by molar-refractivity contribution is 8.13. The second-order valence-corrected chi connectivity index (χ2v) is 7.92. The SMILES string of the molecule is CC(CNC(=O)OCc1ccccc1)c1cccc(S(=O)(=O)Cl)c1. The zero-order chi connectivity index (χ0) is 17.6. The number of carbonyl (C=O) groups is 1. The summed E-state index contributed by atoms with van der Waals surface area (Å²) in [5.74, 6) is -0.0901. The molecule has 5 nitrogen and oxygen atoms in total. The smallest absolute Gasteiger partial charge is 0.407 e. The van der Waals surface area contributed by atoms with Gasteiger partial charge in [-0.25, -0.2) is 13.2 Å². The minimum absolute atomic E-state index is 0.0418. The molecule has 0 bridgehead atoms. The van der Waals surface area contributed by atoms with Crippen molar-refractivity contribution in [3.63, 3.8) is 0 Å². The van der Waals surface area contributed by atoms with Crippen molar-refractivity contribution in [3.05, 3.63) is 65.7 Å². The molecule has 0 aliphatic rings. The fraction of sp³-hybridized carbons (Fsp3) is 0.235. The van der Waals surface area contributed by atoms with Crippen molar-refractivity contribution < 1.29 is 17.9 Å². The largest absolute Gasteiger partial charge is 0.445 e. The van der Waals surface area contributed by atoms with Gasteiger partial charge in [-0.2, -0.15) is 0 Å². The molecule has 0 aliphatic carbocycles. The molecule has 1 unspecified atom stereocenters. The fourth-order valence-electron chi connectivity index (χ4n) is 2.10. The number of hydrogen-bond acceptors (Lipinski definition) is 4. The van der Waals surface area contributed by atoms with E-state index in [1.54, 1.807) is 12.1 Å². The molecule has 1 N–H and O–H groups in total. The molecule has 0 spiro atoms. The first-order chi connectivity index (χ1) is 11.4. The summed E-state index contributed by atoms with van der Waals surface area (Å²) in [6, 6.07) is 15.7. The van der Waals surface area contributed by atoms with E-state index in [4.69, 9.17) is 15.4 Å². The quantitative estimate of drug-likeness (QED) is 0.791. The molecule has 0 heterocycles. The molecule has 24 heavy (non-hydrogen) atoms. The lowest BCUT2D eigenvalue weighted by Crippen LogP contribution is -2.28. The number of alkyl carbamates (subject to hydrolysis) is 1. The minimum atomic E-state index is -3.77. The van der Waals surface area contributed by atoms with Crippen LogP contribution in [0.4, 0.5) is 4.79 Å². The molecule has 0 saturated carbocycles. The fourth-order valence-corrected chi connectivity index (χ4v) is 2.91. The van der Waals surface area contributed by atoms with Crippen LogP contribution in [0.25, 0.3) is 0 Å². The summed E-state index contributed by atoms with van der Waals surface area (Å²) >= 11 is 0. The molecule has 7 heteroatoms. The Morgan fingerprint density at radius 2 is 1.88 bits per heavy atom. The van der Waals surface area contributed by atoms with Gasteiger partial charge in [-0.15, -0.1) is 0 Å². The minimum Gasteiger partial charge on any atom is -0.445 e. The highest BCUT2D eigenvalue weighted by Gasteiger charge is 2.14.